The SMILES string of the molecule is O=S(=O)([O-])C(F)(F)C(C(F)(F)F)(C(F)(F)F)C(F)(F)C(F)(F)C(F)(F)C(F)(F)F. The van der Waals surface area contributed by atoms with E-state index in [1.165, 1.54) is 0 Å². The number of hydrogen-bond acceptors (Lipinski definition) is 3. The van der Waals surface area contributed by atoms with Gasteiger partial charge in [0.15, 0.2) is 10.1 Å². The van der Waals surface area contributed by atoms with Crippen LogP contribution >= 0.6 is 0 Å². The molecular formula is C8F17O3S-. The summed E-state index contributed by atoms with van der Waals surface area (Å²) in [4.78, 5) is 0. The molecule has 0 fully saturated rings. The molecule has 0 N–H and O–H groups in total. The fraction of sp³-hybridized carbons (Fsp3) is 1.00. The molecular weight excluding hydrogens is 499 g/mol. The summed E-state index contributed by atoms with van der Waals surface area (Å²) in [7, 11) is -8.71. The van der Waals surface area contributed by atoms with Crippen LogP contribution in [0.5, 0.6) is 0 Å². The van der Waals surface area contributed by atoms with E-state index in [0.717, 1.165) is 0 Å². The lowest BCUT2D eigenvalue weighted by atomic mass is 9.74. The van der Waals surface area contributed by atoms with Gasteiger partial charge in [-0.15, -0.1) is 0 Å². The summed E-state index contributed by atoms with van der Waals surface area (Å²) >= 11 is 0. The quantitative estimate of drug-likeness (QED) is 0.407. The second-order valence-corrected chi connectivity index (χ2v) is 6.36. The van der Waals surface area contributed by atoms with Crippen molar-refractivity contribution in [1.29, 1.82) is 0 Å². The first-order chi connectivity index (χ1) is 12.0. The minimum absolute atomic E-state index is 8.06. The van der Waals surface area contributed by atoms with Crippen LogP contribution in [0.4, 0.5) is 74.6 Å². The first-order valence-electron chi connectivity index (χ1n) is 5.67. The molecule has 0 heterocycles. The van der Waals surface area contributed by atoms with Gasteiger partial charge in [0, 0.05) is 0 Å². The molecule has 0 atom stereocenters. The predicted molar refractivity (Wildman–Crippen MR) is 50.1 cm³/mol. The molecule has 3 nitrogen and oxygen atoms in total. The van der Waals surface area contributed by atoms with Gasteiger partial charge < -0.3 is 4.55 Å². The van der Waals surface area contributed by atoms with Gasteiger partial charge in [-0.1, -0.05) is 0 Å². The van der Waals surface area contributed by atoms with Crippen molar-refractivity contribution < 1.29 is 87.6 Å². The van der Waals surface area contributed by atoms with Crippen molar-refractivity contribution in [2.45, 2.75) is 41.6 Å². The van der Waals surface area contributed by atoms with Gasteiger partial charge in [-0.2, -0.15) is 74.6 Å². The van der Waals surface area contributed by atoms with Crippen LogP contribution in [-0.2, 0) is 10.1 Å². The Kier molecular flexibility index (Phi) is 6.08. The topological polar surface area (TPSA) is 57.2 Å². The van der Waals surface area contributed by atoms with E-state index in [4.69, 9.17) is 0 Å². The van der Waals surface area contributed by atoms with Crippen molar-refractivity contribution in [3.05, 3.63) is 0 Å². The first kappa shape index (κ1) is 27.7. The average molecular weight is 499 g/mol. The molecule has 0 aromatic carbocycles. The smallest absolute Gasteiger partial charge is 0.460 e. The second kappa shape index (κ2) is 6.36. The zero-order valence-electron chi connectivity index (χ0n) is 12.1. The molecule has 0 spiro atoms. The Morgan fingerprint density at radius 3 is 0.897 bits per heavy atom. The van der Waals surface area contributed by atoms with Gasteiger partial charge in [0.2, 0.25) is 0 Å². The molecule has 0 rings (SSSR count). The third-order valence-corrected chi connectivity index (χ3v) is 4.15. The Hall–Kier alpha value is -1.28. The molecule has 0 amide bonds. The number of alkyl halides is 17. The van der Waals surface area contributed by atoms with Crippen LogP contribution < -0.4 is 0 Å². The minimum atomic E-state index is -9.32. The van der Waals surface area contributed by atoms with Crippen LogP contribution in [0, 0.1) is 5.41 Å². The summed E-state index contributed by atoms with van der Waals surface area (Å²) in [5.74, 6) is -26.9. The molecule has 0 radical (unpaired) electrons. The lowest BCUT2D eigenvalue weighted by Gasteiger charge is -2.49. The molecule has 21 heteroatoms. The predicted octanol–water partition coefficient (Wildman–Crippen LogP) is 4.70. The molecule has 0 aromatic heterocycles. The summed E-state index contributed by atoms with van der Waals surface area (Å²) in [6.45, 7) is 0. The Morgan fingerprint density at radius 2 is 0.724 bits per heavy atom. The van der Waals surface area contributed by atoms with Crippen molar-refractivity contribution in [1.82, 2.24) is 0 Å². The number of rotatable bonds is 5. The van der Waals surface area contributed by atoms with E-state index in [2.05, 4.69) is 0 Å². The van der Waals surface area contributed by atoms with Crippen LogP contribution in [0.2, 0.25) is 0 Å². The summed E-state index contributed by atoms with van der Waals surface area (Å²) in [6, 6.07) is 0. The van der Waals surface area contributed by atoms with E-state index in [9.17, 15) is 87.6 Å². The van der Waals surface area contributed by atoms with Crippen molar-refractivity contribution in [2.24, 2.45) is 5.41 Å². The molecule has 0 bridgehead atoms. The highest BCUT2D eigenvalue weighted by molar-refractivity contribution is 7.86. The summed E-state index contributed by atoms with van der Waals surface area (Å²) in [6.07, 6.45) is -25.6. The van der Waals surface area contributed by atoms with Crippen molar-refractivity contribution in [3.63, 3.8) is 0 Å². The van der Waals surface area contributed by atoms with Crippen LogP contribution in [0.25, 0.3) is 0 Å². The maximum Gasteiger partial charge on any atom is 0.460 e. The van der Waals surface area contributed by atoms with Gasteiger partial charge in [0.25, 0.3) is 0 Å². The van der Waals surface area contributed by atoms with Crippen molar-refractivity contribution >= 4 is 10.1 Å². The van der Waals surface area contributed by atoms with E-state index >= 15 is 0 Å². The standard InChI is InChI=1S/C8HF17O3S/c9-2(10,3(11,12)4(13,14)7(21,22)23)1(5(15,16)17,6(18,19)20)8(24,25)29(26,27)28/h(H,26,27,28)/p-1. The summed E-state index contributed by atoms with van der Waals surface area (Å²) in [5.41, 5.74) is -9.24. The maximum absolute atomic E-state index is 13.5. The Morgan fingerprint density at radius 1 is 0.448 bits per heavy atom. The molecule has 0 saturated carbocycles. The fourth-order valence-corrected chi connectivity index (χ4v) is 2.56. The largest absolute Gasteiger partial charge is 0.743 e. The Balaban J connectivity index is 7.85. The number of halogens is 17. The normalized spacial score (nSPS) is 16.9. The molecule has 176 valence electrons. The first-order valence-corrected chi connectivity index (χ1v) is 7.08. The van der Waals surface area contributed by atoms with Crippen LogP contribution in [0.1, 0.15) is 0 Å². The highest BCUT2D eigenvalue weighted by Crippen LogP contribution is 2.72. The highest BCUT2D eigenvalue weighted by atomic mass is 32.2. The Labute approximate surface area is 146 Å². The third-order valence-electron chi connectivity index (χ3n) is 3.22. The van der Waals surface area contributed by atoms with Gasteiger partial charge in [-0.25, -0.2) is 8.42 Å². The maximum atomic E-state index is 13.5. The second-order valence-electron chi connectivity index (χ2n) is 4.94. The van der Waals surface area contributed by atoms with E-state index in [1.807, 2.05) is 0 Å². The van der Waals surface area contributed by atoms with Crippen LogP contribution in [0.3, 0.4) is 0 Å². The van der Waals surface area contributed by atoms with Crippen LogP contribution in [-0.4, -0.2) is 54.5 Å². The van der Waals surface area contributed by atoms with Crippen molar-refractivity contribution in [2.75, 3.05) is 0 Å². The zero-order chi connectivity index (χ0) is 24.5. The van der Waals surface area contributed by atoms with Gasteiger partial charge in [-0.3, -0.25) is 0 Å². The average Bonchev–Trinajstić information content (AvgIpc) is 2.30. The summed E-state index contributed by atoms with van der Waals surface area (Å²) in [5, 5.41) is -8.66. The lowest BCUT2D eigenvalue weighted by Crippen LogP contribution is -2.78. The van der Waals surface area contributed by atoms with E-state index < -0.39 is 57.1 Å². The fourth-order valence-electron chi connectivity index (χ4n) is 1.83. The van der Waals surface area contributed by atoms with Gasteiger partial charge in [0.1, 0.15) is 0 Å². The third kappa shape index (κ3) is 3.26. The minimum Gasteiger partial charge on any atom is -0.743 e. The molecule has 29 heavy (non-hydrogen) atoms. The van der Waals surface area contributed by atoms with E-state index in [-0.39, 0.29) is 0 Å². The van der Waals surface area contributed by atoms with E-state index in [1.54, 1.807) is 0 Å². The molecule has 0 aliphatic heterocycles. The number of hydrogen-bond donors (Lipinski definition) is 0. The molecule has 0 aliphatic carbocycles. The molecule has 0 aliphatic rings. The molecule has 0 unspecified atom stereocenters. The van der Waals surface area contributed by atoms with Gasteiger partial charge >= 0.3 is 47.0 Å². The summed E-state index contributed by atoms with van der Waals surface area (Å²) < 4.78 is 247. The van der Waals surface area contributed by atoms with Crippen LogP contribution in [0.15, 0.2) is 0 Å². The highest BCUT2D eigenvalue weighted by Gasteiger charge is 3.01. The van der Waals surface area contributed by atoms with E-state index in [0.29, 0.717) is 0 Å². The molecule has 0 aromatic rings. The zero-order valence-corrected chi connectivity index (χ0v) is 12.9. The Bertz CT molecular complexity index is 709. The molecule has 0 saturated heterocycles. The van der Waals surface area contributed by atoms with Crippen molar-refractivity contribution in [3.8, 4) is 0 Å². The monoisotopic (exact) mass is 499 g/mol. The van der Waals surface area contributed by atoms with Gasteiger partial charge in [0.05, 0.1) is 0 Å². The van der Waals surface area contributed by atoms with Gasteiger partial charge in [-0.05, 0) is 0 Å². The lowest BCUT2D eigenvalue weighted by molar-refractivity contribution is -0.491.